The molecule has 0 radical (unpaired) electrons. The standard InChI is InChI=1S/C22H25F2N7O2/c1-2-31-11-14(8-27-31)17-10-26-19-18(28-17)15(9-25-19)20(32)29-16(7-13-3-4-13)21(33)30-6-5-22(23,24)12-30/h8-11,13,16H,2-7,12H2,1H3,(H,25,26)(H,29,32)/t16-/m1/s1. The van der Waals surface area contributed by atoms with E-state index in [1.165, 1.54) is 6.20 Å². The summed E-state index contributed by atoms with van der Waals surface area (Å²) in [7, 11) is 0. The molecule has 3 aromatic rings. The van der Waals surface area contributed by atoms with Crippen molar-refractivity contribution in [2.75, 3.05) is 13.1 Å². The molecule has 0 unspecified atom stereocenters. The Labute approximate surface area is 188 Å². The Morgan fingerprint density at radius 2 is 2.15 bits per heavy atom. The number of carbonyl (C=O) groups excluding carboxylic acids is 2. The van der Waals surface area contributed by atoms with Crippen LogP contribution in [-0.2, 0) is 11.3 Å². The lowest BCUT2D eigenvalue weighted by Gasteiger charge is -2.24. The normalized spacial score (nSPS) is 18.6. The first-order valence-electron chi connectivity index (χ1n) is 11.2. The van der Waals surface area contributed by atoms with Gasteiger partial charge in [0.1, 0.15) is 11.6 Å². The highest BCUT2D eigenvalue weighted by molar-refractivity contribution is 6.06. The van der Waals surface area contributed by atoms with Crippen LogP contribution in [0.4, 0.5) is 8.78 Å². The lowest BCUT2D eigenvalue weighted by Crippen LogP contribution is -2.48. The summed E-state index contributed by atoms with van der Waals surface area (Å²) in [6, 6.07) is -0.845. The van der Waals surface area contributed by atoms with Gasteiger partial charge in [0.2, 0.25) is 5.91 Å². The SMILES string of the molecule is CCn1cc(-c2cnc3[nH]cc(C(=O)N[C@H](CC4CC4)C(=O)N4CCC(F)(F)C4)c3n2)cn1. The molecule has 1 aliphatic heterocycles. The predicted molar refractivity (Wildman–Crippen MR) is 116 cm³/mol. The van der Waals surface area contributed by atoms with Gasteiger partial charge in [-0.05, 0) is 19.3 Å². The van der Waals surface area contributed by atoms with Crippen molar-refractivity contribution in [2.24, 2.45) is 5.92 Å². The number of nitrogens with zero attached hydrogens (tertiary/aromatic N) is 5. The molecule has 0 bridgehead atoms. The minimum atomic E-state index is -2.88. The Morgan fingerprint density at radius 1 is 1.33 bits per heavy atom. The second kappa shape index (κ2) is 8.20. The van der Waals surface area contributed by atoms with Crippen molar-refractivity contribution in [1.29, 1.82) is 0 Å². The van der Waals surface area contributed by atoms with Crippen LogP contribution in [0.2, 0.25) is 0 Å². The summed E-state index contributed by atoms with van der Waals surface area (Å²) in [6.07, 6.45) is 8.68. The molecule has 0 aromatic carbocycles. The van der Waals surface area contributed by atoms with E-state index in [9.17, 15) is 18.4 Å². The highest BCUT2D eigenvalue weighted by Gasteiger charge is 2.43. The van der Waals surface area contributed by atoms with Gasteiger partial charge < -0.3 is 15.2 Å². The fraction of sp³-hybridized carbons (Fsp3) is 0.500. The van der Waals surface area contributed by atoms with Gasteiger partial charge in [0.25, 0.3) is 11.8 Å². The lowest BCUT2D eigenvalue weighted by atomic mass is 10.1. The fourth-order valence-corrected chi connectivity index (χ4v) is 4.16. The molecule has 1 atom stereocenters. The van der Waals surface area contributed by atoms with Gasteiger partial charge in [0, 0.05) is 37.5 Å². The molecule has 3 aromatic heterocycles. The molecule has 2 aliphatic rings. The van der Waals surface area contributed by atoms with E-state index in [1.54, 1.807) is 17.1 Å². The van der Waals surface area contributed by atoms with Gasteiger partial charge in [-0.3, -0.25) is 14.3 Å². The summed E-state index contributed by atoms with van der Waals surface area (Å²) >= 11 is 0. The highest BCUT2D eigenvalue weighted by atomic mass is 19.3. The molecule has 2 amide bonds. The Balaban J connectivity index is 1.38. The first kappa shape index (κ1) is 21.5. The molecule has 2 fully saturated rings. The number of fused-ring (bicyclic) bond motifs is 1. The highest BCUT2D eigenvalue weighted by Crippen LogP contribution is 2.35. The van der Waals surface area contributed by atoms with Crippen LogP contribution < -0.4 is 5.32 Å². The van der Waals surface area contributed by atoms with E-state index < -0.39 is 30.3 Å². The molecule has 1 saturated heterocycles. The van der Waals surface area contributed by atoms with Crippen LogP contribution >= 0.6 is 0 Å². The number of nitrogens with one attached hydrogen (secondary N) is 2. The number of H-pyrrole nitrogens is 1. The summed E-state index contributed by atoms with van der Waals surface area (Å²) in [5, 5.41) is 7.02. The number of halogens is 2. The monoisotopic (exact) mass is 457 g/mol. The molecule has 11 heteroatoms. The van der Waals surface area contributed by atoms with Crippen LogP contribution in [-0.4, -0.2) is 66.5 Å². The number of aromatic nitrogens is 5. The van der Waals surface area contributed by atoms with Crippen LogP contribution in [0.5, 0.6) is 0 Å². The van der Waals surface area contributed by atoms with Crippen LogP contribution in [0.25, 0.3) is 22.4 Å². The van der Waals surface area contributed by atoms with E-state index in [2.05, 4.69) is 25.4 Å². The molecule has 2 N–H and O–H groups in total. The summed E-state index contributed by atoms with van der Waals surface area (Å²) in [4.78, 5) is 39.2. The average molecular weight is 457 g/mol. The number of likely N-dealkylation sites (tertiary alicyclic amines) is 1. The quantitative estimate of drug-likeness (QED) is 0.567. The molecule has 33 heavy (non-hydrogen) atoms. The van der Waals surface area contributed by atoms with E-state index in [-0.39, 0.29) is 18.5 Å². The number of aromatic amines is 1. The third-order valence-electron chi connectivity index (χ3n) is 6.23. The maximum Gasteiger partial charge on any atom is 0.267 e. The summed E-state index contributed by atoms with van der Waals surface area (Å²) in [6.45, 7) is 2.09. The van der Waals surface area contributed by atoms with Gasteiger partial charge in [-0.2, -0.15) is 5.10 Å². The zero-order chi connectivity index (χ0) is 23.2. The van der Waals surface area contributed by atoms with Crippen molar-refractivity contribution in [3.63, 3.8) is 0 Å². The Morgan fingerprint density at radius 3 is 2.82 bits per heavy atom. The molecular weight excluding hydrogens is 432 g/mol. The number of amides is 2. The van der Waals surface area contributed by atoms with Crippen molar-refractivity contribution in [3.05, 3.63) is 30.4 Å². The molecule has 174 valence electrons. The largest absolute Gasteiger partial charge is 0.344 e. The van der Waals surface area contributed by atoms with Gasteiger partial charge >= 0.3 is 0 Å². The van der Waals surface area contributed by atoms with Gasteiger partial charge in [-0.25, -0.2) is 18.7 Å². The Bertz CT molecular complexity index is 1200. The van der Waals surface area contributed by atoms with Crippen LogP contribution in [0.1, 0.15) is 43.0 Å². The van der Waals surface area contributed by atoms with Crippen molar-refractivity contribution in [2.45, 2.75) is 51.1 Å². The number of hydrogen-bond donors (Lipinski definition) is 2. The van der Waals surface area contributed by atoms with Crippen molar-refractivity contribution in [1.82, 2.24) is 34.9 Å². The van der Waals surface area contributed by atoms with Gasteiger partial charge in [-0.1, -0.05) is 12.8 Å². The number of alkyl halides is 2. The third kappa shape index (κ3) is 4.44. The molecule has 1 aliphatic carbocycles. The number of hydrogen-bond acceptors (Lipinski definition) is 5. The molecular formula is C22H25F2N7O2. The Kier molecular flexibility index (Phi) is 5.34. The van der Waals surface area contributed by atoms with Gasteiger partial charge in [0.15, 0.2) is 5.65 Å². The van der Waals surface area contributed by atoms with E-state index in [0.717, 1.165) is 23.3 Å². The molecule has 0 spiro atoms. The smallest absolute Gasteiger partial charge is 0.267 e. The van der Waals surface area contributed by atoms with Crippen molar-refractivity contribution < 1.29 is 18.4 Å². The predicted octanol–water partition coefficient (Wildman–Crippen LogP) is 2.61. The number of aryl methyl sites for hydroxylation is 1. The van der Waals surface area contributed by atoms with Gasteiger partial charge in [0.05, 0.1) is 30.2 Å². The number of carbonyl (C=O) groups is 2. The molecule has 5 rings (SSSR count). The van der Waals surface area contributed by atoms with Crippen molar-refractivity contribution in [3.8, 4) is 11.3 Å². The number of rotatable bonds is 7. The second-order valence-electron chi connectivity index (χ2n) is 8.81. The van der Waals surface area contributed by atoms with Crippen molar-refractivity contribution >= 4 is 23.0 Å². The zero-order valence-corrected chi connectivity index (χ0v) is 18.2. The topological polar surface area (TPSA) is 109 Å². The van der Waals surface area contributed by atoms with Gasteiger partial charge in [-0.15, -0.1) is 0 Å². The van der Waals surface area contributed by atoms with Crippen LogP contribution in [0.3, 0.4) is 0 Å². The lowest BCUT2D eigenvalue weighted by molar-refractivity contribution is -0.134. The van der Waals surface area contributed by atoms with E-state index in [1.807, 2.05) is 13.1 Å². The first-order chi connectivity index (χ1) is 15.8. The first-order valence-corrected chi connectivity index (χ1v) is 11.2. The van der Waals surface area contributed by atoms with E-state index in [4.69, 9.17) is 0 Å². The minimum Gasteiger partial charge on any atom is -0.344 e. The summed E-state index contributed by atoms with van der Waals surface area (Å²) < 4.78 is 29.1. The summed E-state index contributed by atoms with van der Waals surface area (Å²) in [5.41, 5.74) is 2.41. The molecule has 9 nitrogen and oxygen atoms in total. The zero-order valence-electron chi connectivity index (χ0n) is 18.2. The van der Waals surface area contributed by atoms with E-state index >= 15 is 0 Å². The van der Waals surface area contributed by atoms with E-state index in [0.29, 0.717) is 35.7 Å². The fourth-order valence-electron chi connectivity index (χ4n) is 4.16. The third-order valence-corrected chi connectivity index (χ3v) is 6.23. The maximum atomic E-state index is 13.6. The maximum absolute atomic E-state index is 13.6. The average Bonchev–Trinajstić information content (AvgIpc) is 3.18. The second-order valence-corrected chi connectivity index (χ2v) is 8.81. The van der Waals surface area contributed by atoms with Crippen LogP contribution in [0.15, 0.2) is 24.8 Å². The molecule has 1 saturated carbocycles. The Hall–Kier alpha value is -3.37. The molecule has 4 heterocycles. The van der Waals surface area contributed by atoms with Crippen LogP contribution in [0, 0.1) is 5.92 Å². The minimum absolute atomic E-state index is 0.00374. The summed E-state index contributed by atoms with van der Waals surface area (Å²) in [5.74, 6) is -3.49.